The van der Waals surface area contributed by atoms with Crippen molar-refractivity contribution in [3.05, 3.63) is 59.2 Å². The van der Waals surface area contributed by atoms with Gasteiger partial charge in [-0.25, -0.2) is 4.39 Å². The van der Waals surface area contributed by atoms with Gasteiger partial charge in [0.25, 0.3) is 0 Å². The van der Waals surface area contributed by atoms with Crippen LogP contribution in [0, 0.1) is 24.6 Å². The fourth-order valence-corrected chi connectivity index (χ4v) is 1.85. The molecule has 4 heteroatoms. The molecule has 0 spiro atoms. The Balaban J connectivity index is 2.10. The smallest absolute Gasteiger partial charge is 0.130 e. The van der Waals surface area contributed by atoms with Gasteiger partial charge in [0.1, 0.15) is 18.2 Å². The maximum Gasteiger partial charge on any atom is 0.130 e. The molecule has 0 aliphatic rings. The third-order valence-electron chi connectivity index (χ3n) is 2.82. The quantitative estimate of drug-likeness (QED) is 0.627. The molecule has 0 aliphatic heterocycles. The highest BCUT2D eigenvalue weighted by molar-refractivity contribution is 6.18. The van der Waals surface area contributed by atoms with Crippen LogP contribution in [0.25, 0.3) is 0 Å². The molecule has 1 aromatic heterocycles. The number of alkyl halides is 1. The van der Waals surface area contributed by atoms with Gasteiger partial charge >= 0.3 is 0 Å². The average Bonchev–Trinajstić information content (AvgIpc) is 2.46. The number of hydrogen-bond acceptors (Lipinski definition) is 2. The van der Waals surface area contributed by atoms with Crippen molar-refractivity contribution in [1.29, 1.82) is 0 Å². The standard InChI is InChI=1S/C17H15ClFNO/c1-13-5-4-8-20-17(13)12-21-16-10-14(6-2-3-7-18)9-15(19)11-16/h4-5,8-11H,3,7,12H2,1H3. The second-order valence-electron chi connectivity index (χ2n) is 4.47. The molecule has 2 rings (SSSR count). The molecular weight excluding hydrogens is 289 g/mol. The van der Waals surface area contributed by atoms with Crippen molar-refractivity contribution in [3.63, 3.8) is 0 Å². The zero-order valence-corrected chi connectivity index (χ0v) is 12.5. The van der Waals surface area contributed by atoms with Crippen LogP contribution in [0.3, 0.4) is 0 Å². The van der Waals surface area contributed by atoms with Gasteiger partial charge in [-0.1, -0.05) is 17.9 Å². The summed E-state index contributed by atoms with van der Waals surface area (Å²) in [6.07, 6.45) is 2.28. The highest BCUT2D eigenvalue weighted by Gasteiger charge is 2.03. The Morgan fingerprint density at radius 3 is 2.95 bits per heavy atom. The first kappa shape index (κ1) is 15.3. The van der Waals surface area contributed by atoms with Crippen LogP contribution in [-0.4, -0.2) is 10.9 Å². The molecule has 0 radical (unpaired) electrons. The molecule has 1 heterocycles. The molecule has 0 aliphatic carbocycles. The molecule has 2 nitrogen and oxygen atoms in total. The number of aryl methyl sites for hydroxylation is 1. The lowest BCUT2D eigenvalue weighted by Gasteiger charge is -2.08. The summed E-state index contributed by atoms with van der Waals surface area (Å²) in [5.74, 6) is 6.27. The van der Waals surface area contributed by atoms with Gasteiger partial charge in [-0.2, -0.15) is 0 Å². The maximum absolute atomic E-state index is 13.6. The summed E-state index contributed by atoms with van der Waals surface area (Å²) in [6, 6.07) is 8.25. The molecular formula is C17H15ClFNO. The minimum atomic E-state index is -0.375. The fourth-order valence-electron chi connectivity index (χ4n) is 1.75. The van der Waals surface area contributed by atoms with Crippen molar-refractivity contribution in [2.75, 3.05) is 5.88 Å². The van der Waals surface area contributed by atoms with Gasteiger partial charge in [-0.3, -0.25) is 4.98 Å². The van der Waals surface area contributed by atoms with Crippen LogP contribution in [0.1, 0.15) is 23.2 Å². The molecule has 0 bridgehead atoms. The molecule has 0 unspecified atom stereocenters. The van der Waals surface area contributed by atoms with Crippen molar-refractivity contribution in [3.8, 4) is 17.6 Å². The fraction of sp³-hybridized carbons (Fsp3) is 0.235. The Bertz CT molecular complexity index is 676. The van der Waals surface area contributed by atoms with Crippen LogP contribution in [-0.2, 0) is 6.61 Å². The third kappa shape index (κ3) is 4.77. The molecule has 21 heavy (non-hydrogen) atoms. The minimum Gasteiger partial charge on any atom is -0.487 e. The van der Waals surface area contributed by atoms with E-state index >= 15 is 0 Å². The third-order valence-corrected chi connectivity index (χ3v) is 3.01. The van der Waals surface area contributed by atoms with Crippen molar-refractivity contribution < 1.29 is 9.13 Å². The van der Waals surface area contributed by atoms with Gasteiger partial charge in [-0.15, -0.1) is 11.6 Å². The number of pyridine rings is 1. The van der Waals surface area contributed by atoms with E-state index in [9.17, 15) is 4.39 Å². The first-order chi connectivity index (χ1) is 10.2. The topological polar surface area (TPSA) is 22.1 Å². The van der Waals surface area contributed by atoms with Crippen molar-refractivity contribution in [2.24, 2.45) is 0 Å². The van der Waals surface area contributed by atoms with Crippen LogP contribution in [0.4, 0.5) is 4.39 Å². The predicted octanol–water partition coefficient (Wildman–Crippen LogP) is 4.09. The Morgan fingerprint density at radius 2 is 2.19 bits per heavy atom. The lowest BCUT2D eigenvalue weighted by Crippen LogP contribution is -2.01. The predicted molar refractivity (Wildman–Crippen MR) is 81.9 cm³/mol. The molecule has 0 fully saturated rings. The lowest BCUT2D eigenvalue weighted by atomic mass is 10.2. The molecule has 0 amide bonds. The number of hydrogen-bond donors (Lipinski definition) is 0. The van der Waals surface area contributed by atoms with E-state index in [2.05, 4.69) is 16.8 Å². The van der Waals surface area contributed by atoms with Gasteiger partial charge in [0.05, 0.1) is 5.69 Å². The van der Waals surface area contributed by atoms with E-state index in [4.69, 9.17) is 16.3 Å². The molecule has 0 saturated heterocycles. The second-order valence-corrected chi connectivity index (χ2v) is 4.85. The molecule has 0 saturated carbocycles. The SMILES string of the molecule is Cc1cccnc1COc1cc(F)cc(C#CCCCl)c1. The number of ether oxygens (including phenoxy) is 1. The largest absolute Gasteiger partial charge is 0.487 e. The zero-order chi connectivity index (χ0) is 15.1. The highest BCUT2D eigenvalue weighted by atomic mass is 35.5. The number of benzene rings is 1. The van der Waals surface area contributed by atoms with Crippen LogP contribution in [0.5, 0.6) is 5.75 Å². The summed E-state index contributed by atoms with van der Waals surface area (Å²) in [7, 11) is 0. The summed E-state index contributed by atoms with van der Waals surface area (Å²) in [4.78, 5) is 4.24. The highest BCUT2D eigenvalue weighted by Crippen LogP contribution is 2.17. The lowest BCUT2D eigenvalue weighted by molar-refractivity contribution is 0.299. The number of nitrogens with zero attached hydrogens (tertiary/aromatic N) is 1. The van der Waals surface area contributed by atoms with E-state index < -0.39 is 0 Å². The summed E-state index contributed by atoms with van der Waals surface area (Å²) in [5, 5.41) is 0. The number of rotatable bonds is 4. The second kappa shape index (κ2) is 7.66. The van der Waals surface area contributed by atoms with E-state index in [0.717, 1.165) is 11.3 Å². The normalized spacial score (nSPS) is 9.86. The van der Waals surface area contributed by atoms with Gasteiger partial charge in [0, 0.05) is 30.1 Å². The van der Waals surface area contributed by atoms with Crippen LogP contribution in [0.2, 0.25) is 0 Å². The molecule has 0 N–H and O–H groups in total. The number of aromatic nitrogens is 1. The van der Waals surface area contributed by atoms with Crippen molar-refractivity contribution in [1.82, 2.24) is 4.98 Å². The van der Waals surface area contributed by atoms with Crippen LogP contribution < -0.4 is 4.74 Å². The van der Waals surface area contributed by atoms with Gasteiger partial charge in [-0.05, 0) is 30.7 Å². The van der Waals surface area contributed by atoms with E-state index in [-0.39, 0.29) is 5.82 Å². The van der Waals surface area contributed by atoms with E-state index in [1.165, 1.54) is 12.1 Å². The van der Waals surface area contributed by atoms with Gasteiger partial charge in [0.2, 0.25) is 0 Å². The molecule has 2 aromatic rings. The summed E-state index contributed by atoms with van der Waals surface area (Å²) >= 11 is 5.55. The summed E-state index contributed by atoms with van der Waals surface area (Å²) < 4.78 is 19.2. The van der Waals surface area contributed by atoms with Gasteiger partial charge in [0.15, 0.2) is 0 Å². The minimum absolute atomic E-state index is 0.296. The average molecular weight is 304 g/mol. The maximum atomic E-state index is 13.6. The Kier molecular flexibility index (Phi) is 5.59. The van der Waals surface area contributed by atoms with Crippen LogP contribution in [0.15, 0.2) is 36.5 Å². The zero-order valence-electron chi connectivity index (χ0n) is 11.7. The Morgan fingerprint density at radius 1 is 1.33 bits per heavy atom. The molecule has 108 valence electrons. The van der Waals surface area contributed by atoms with Crippen LogP contribution >= 0.6 is 11.6 Å². The summed E-state index contributed by atoms with van der Waals surface area (Å²) in [5.41, 5.74) is 2.44. The van der Waals surface area contributed by atoms with E-state index in [1.807, 2.05) is 19.1 Å². The first-order valence-electron chi connectivity index (χ1n) is 6.58. The monoisotopic (exact) mass is 303 g/mol. The molecule has 1 aromatic carbocycles. The summed E-state index contributed by atoms with van der Waals surface area (Å²) in [6.45, 7) is 2.25. The molecule has 0 atom stereocenters. The van der Waals surface area contributed by atoms with Crippen molar-refractivity contribution in [2.45, 2.75) is 20.0 Å². The number of halogens is 2. The van der Waals surface area contributed by atoms with E-state index in [1.54, 1.807) is 12.3 Å². The first-order valence-corrected chi connectivity index (χ1v) is 7.11. The van der Waals surface area contributed by atoms with Crippen molar-refractivity contribution >= 4 is 11.6 Å². The van der Waals surface area contributed by atoms with E-state index in [0.29, 0.717) is 30.2 Å². The van der Waals surface area contributed by atoms with Gasteiger partial charge < -0.3 is 4.74 Å². The Labute approximate surface area is 128 Å². The Hall–Kier alpha value is -2.05.